The number of nitrogens with zero attached hydrogens (tertiary/aromatic N) is 2. The largest absolute Gasteiger partial charge is 0.465 e. The molecule has 3 rings (SSSR count). The van der Waals surface area contributed by atoms with Crippen LogP contribution in [0.5, 0.6) is 11.6 Å². The number of amides is 1. The molecule has 0 aliphatic carbocycles. The lowest BCUT2D eigenvalue weighted by Gasteiger charge is -2.17. The van der Waals surface area contributed by atoms with E-state index < -0.39 is 52.7 Å². The summed E-state index contributed by atoms with van der Waals surface area (Å²) in [6.45, 7) is 2.19. The van der Waals surface area contributed by atoms with E-state index >= 15 is 0 Å². The molecular weight excluding hydrogens is 489 g/mol. The molecule has 7 nitrogen and oxygen atoms in total. The lowest BCUT2D eigenvalue weighted by molar-refractivity contribution is -0.141. The maximum atomic E-state index is 13.7. The van der Waals surface area contributed by atoms with Gasteiger partial charge in [-0.2, -0.15) is 18.3 Å². The molecular formula is C24H22F5N3O4. The molecule has 2 aromatic carbocycles. The van der Waals surface area contributed by atoms with Crippen molar-refractivity contribution in [3.8, 4) is 11.6 Å². The van der Waals surface area contributed by atoms with Crippen LogP contribution in [-0.2, 0) is 23.9 Å². The summed E-state index contributed by atoms with van der Waals surface area (Å²) in [5.74, 6) is -5.72. The zero-order valence-electron chi connectivity index (χ0n) is 19.6. The van der Waals surface area contributed by atoms with Gasteiger partial charge in [0.2, 0.25) is 5.88 Å². The van der Waals surface area contributed by atoms with Crippen molar-refractivity contribution in [3.63, 3.8) is 0 Å². The fraction of sp³-hybridized carbons (Fsp3) is 0.292. The molecule has 0 aliphatic rings. The Morgan fingerprint density at radius 1 is 1.06 bits per heavy atom. The van der Waals surface area contributed by atoms with E-state index in [1.807, 2.05) is 0 Å². The summed E-state index contributed by atoms with van der Waals surface area (Å²) in [5.41, 5.74) is -2.08. The van der Waals surface area contributed by atoms with Crippen LogP contribution in [0, 0.1) is 0 Å². The number of esters is 1. The first-order chi connectivity index (χ1) is 16.7. The van der Waals surface area contributed by atoms with Crippen molar-refractivity contribution >= 4 is 11.9 Å². The van der Waals surface area contributed by atoms with Crippen LogP contribution >= 0.6 is 0 Å². The van der Waals surface area contributed by atoms with Crippen molar-refractivity contribution in [1.82, 2.24) is 15.1 Å². The smallest absolute Gasteiger partial charge is 0.436 e. The summed E-state index contributed by atoms with van der Waals surface area (Å²) in [6.07, 6.45) is -5.00. The van der Waals surface area contributed by atoms with Gasteiger partial charge < -0.3 is 14.8 Å². The first kappa shape index (κ1) is 26.6. The maximum Gasteiger partial charge on any atom is 0.436 e. The Morgan fingerprint density at radius 2 is 1.69 bits per heavy atom. The van der Waals surface area contributed by atoms with E-state index in [1.165, 1.54) is 50.4 Å². The Balaban J connectivity index is 1.95. The van der Waals surface area contributed by atoms with Gasteiger partial charge in [-0.3, -0.25) is 4.79 Å². The predicted molar refractivity (Wildman–Crippen MR) is 118 cm³/mol. The van der Waals surface area contributed by atoms with Crippen LogP contribution in [-0.4, -0.2) is 28.8 Å². The second kappa shape index (κ2) is 9.96. The fourth-order valence-electron chi connectivity index (χ4n) is 3.35. The van der Waals surface area contributed by atoms with E-state index in [1.54, 1.807) is 0 Å². The van der Waals surface area contributed by atoms with Crippen molar-refractivity contribution in [2.45, 2.75) is 32.0 Å². The highest BCUT2D eigenvalue weighted by atomic mass is 19.4. The number of carbonyl (C=O) groups is 2. The van der Waals surface area contributed by atoms with Gasteiger partial charge >= 0.3 is 12.1 Å². The highest BCUT2D eigenvalue weighted by molar-refractivity contribution is 5.98. The predicted octanol–water partition coefficient (Wildman–Crippen LogP) is 5.62. The van der Waals surface area contributed by atoms with Gasteiger partial charge in [0.15, 0.2) is 5.69 Å². The quantitative estimate of drug-likeness (QED) is 0.329. The Bertz CT molecular complexity index is 1260. The van der Waals surface area contributed by atoms with E-state index in [4.69, 9.17) is 4.74 Å². The van der Waals surface area contributed by atoms with E-state index in [2.05, 4.69) is 15.2 Å². The number of hydrogen-bond acceptors (Lipinski definition) is 5. The lowest BCUT2D eigenvalue weighted by atomic mass is 10.1. The van der Waals surface area contributed by atoms with Crippen molar-refractivity contribution in [3.05, 3.63) is 76.5 Å². The topological polar surface area (TPSA) is 82.5 Å². The fourth-order valence-corrected chi connectivity index (χ4v) is 3.35. The summed E-state index contributed by atoms with van der Waals surface area (Å²) in [6, 6.07) is 9.76. The molecule has 0 bridgehead atoms. The summed E-state index contributed by atoms with van der Waals surface area (Å²) in [5, 5.41) is 5.85. The third-order valence-corrected chi connectivity index (χ3v) is 5.22. The molecule has 1 amide bonds. The third-order valence-electron chi connectivity index (χ3n) is 5.22. The molecule has 0 aliphatic heterocycles. The highest BCUT2D eigenvalue weighted by Crippen LogP contribution is 2.38. The van der Waals surface area contributed by atoms with Gasteiger partial charge in [-0.05, 0) is 36.8 Å². The number of carbonyl (C=O) groups excluding carboxylic acids is 2. The van der Waals surface area contributed by atoms with Gasteiger partial charge in [-0.15, -0.1) is 0 Å². The van der Waals surface area contributed by atoms with E-state index in [9.17, 15) is 31.5 Å². The van der Waals surface area contributed by atoms with Crippen molar-refractivity contribution < 1.29 is 41.0 Å². The Morgan fingerprint density at radius 3 is 2.25 bits per heavy atom. The standard InChI is InChI=1S/C24H22F5N3O4/c1-13(14-8-10-15(11-9-14)22(34)35-4)30-20(33)18-19(24(27,28)29)31-32(3)21(18)36-17-7-5-6-16(12-17)23(2,25)26/h5-13H,1-4H3,(H,30,33)/t13-/m0/s1. The number of ether oxygens (including phenoxy) is 2. The molecule has 0 unspecified atom stereocenters. The second-order valence-electron chi connectivity index (χ2n) is 7.98. The minimum absolute atomic E-state index is 0.203. The number of benzene rings is 2. The van der Waals surface area contributed by atoms with Crippen LogP contribution < -0.4 is 10.1 Å². The van der Waals surface area contributed by atoms with E-state index in [0.29, 0.717) is 17.2 Å². The van der Waals surface area contributed by atoms with Gasteiger partial charge in [0.25, 0.3) is 11.8 Å². The van der Waals surface area contributed by atoms with Gasteiger partial charge in [0, 0.05) is 19.5 Å². The number of aromatic nitrogens is 2. The van der Waals surface area contributed by atoms with Crippen LogP contribution in [0.2, 0.25) is 0 Å². The van der Waals surface area contributed by atoms with Crippen LogP contribution in [0.25, 0.3) is 0 Å². The van der Waals surface area contributed by atoms with Crippen molar-refractivity contribution in [1.29, 1.82) is 0 Å². The maximum absolute atomic E-state index is 13.7. The molecule has 3 aromatic rings. The molecule has 192 valence electrons. The Labute approximate surface area is 202 Å². The number of hydrogen-bond donors (Lipinski definition) is 1. The van der Waals surface area contributed by atoms with Crippen molar-refractivity contribution in [2.75, 3.05) is 7.11 Å². The van der Waals surface area contributed by atoms with Gasteiger partial charge in [0.1, 0.15) is 11.3 Å². The average molecular weight is 511 g/mol. The molecule has 1 aromatic heterocycles. The molecule has 1 heterocycles. The molecule has 0 radical (unpaired) electrons. The average Bonchev–Trinajstić information content (AvgIpc) is 3.14. The summed E-state index contributed by atoms with van der Waals surface area (Å²) < 4.78 is 79.4. The minimum atomic E-state index is -5.00. The number of nitrogens with one attached hydrogen (secondary N) is 1. The summed E-state index contributed by atoms with van der Waals surface area (Å²) in [4.78, 5) is 24.6. The SMILES string of the molecule is COC(=O)c1ccc([C@H](C)NC(=O)c2c(C(F)(F)F)nn(C)c2Oc2cccc(C(C)(F)F)c2)cc1. The monoisotopic (exact) mass is 511 g/mol. The van der Waals surface area contributed by atoms with E-state index in [0.717, 1.165) is 19.2 Å². The lowest BCUT2D eigenvalue weighted by Crippen LogP contribution is -2.28. The molecule has 0 spiro atoms. The molecule has 1 N–H and O–H groups in total. The second-order valence-corrected chi connectivity index (χ2v) is 7.98. The van der Waals surface area contributed by atoms with E-state index in [-0.39, 0.29) is 11.3 Å². The zero-order chi connectivity index (χ0) is 26.8. The number of methoxy groups -OCH3 is 1. The number of rotatable bonds is 7. The van der Waals surface area contributed by atoms with Crippen molar-refractivity contribution in [2.24, 2.45) is 7.05 Å². The number of aryl methyl sites for hydroxylation is 1. The summed E-state index contributed by atoms with van der Waals surface area (Å²) in [7, 11) is 2.35. The van der Waals surface area contributed by atoms with Gasteiger partial charge in [-0.25, -0.2) is 18.3 Å². The van der Waals surface area contributed by atoms with Crippen LogP contribution in [0.1, 0.15) is 57.4 Å². The Hall–Kier alpha value is -3.96. The highest BCUT2D eigenvalue weighted by Gasteiger charge is 2.42. The van der Waals surface area contributed by atoms with Gasteiger partial charge in [0.05, 0.1) is 18.7 Å². The van der Waals surface area contributed by atoms with Crippen LogP contribution in [0.4, 0.5) is 22.0 Å². The third kappa shape index (κ3) is 5.81. The first-order valence-corrected chi connectivity index (χ1v) is 10.5. The number of alkyl halides is 5. The Kier molecular flexibility index (Phi) is 7.37. The minimum Gasteiger partial charge on any atom is -0.465 e. The number of halogens is 5. The molecule has 0 saturated carbocycles. The zero-order valence-corrected chi connectivity index (χ0v) is 19.6. The normalized spacial score (nSPS) is 12.7. The summed E-state index contributed by atoms with van der Waals surface area (Å²) >= 11 is 0. The van der Waals surface area contributed by atoms with Crippen LogP contribution in [0.15, 0.2) is 48.5 Å². The molecule has 36 heavy (non-hydrogen) atoms. The van der Waals surface area contributed by atoms with Gasteiger partial charge in [-0.1, -0.05) is 24.3 Å². The molecule has 12 heteroatoms. The molecule has 1 atom stereocenters. The molecule has 0 fully saturated rings. The first-order valence-electron chi connectivity index (χ1n) is 10.5. The molecule has 0 saturated heterocycles. The van der Waals surface area contributed by atoms with Crippen LogP contribution in [0.3, 0.4) is 0 Å².